The molecule has 1 saturated carbocycles. The van der Waals surface area contributed by atoms with Gasteiger partial charge in [-0.3, -0.25) is 9.48 Å². The van der Waals surface area contributed by atoms with Gasteiger partial charge in [0.25, 0.3) is 5.91 Å². The second-order valence-corrected chi connectivity index (χ2v) is 6.42. The molecular weight excluding hydrogens is 330 g/mol. The van der Waals surface area contributed by atoms with Crippen LogP contribution in [0.2, 0.25) is 5.02 Å². The van der Waals surface area contributed by atoms with Crippen LogP contribution in [-0.2, 0) is 11.8 Å². The van der Waals surface area contributed by atoms with Crippen molar-refractivity contribution in [2.24, 2.45) is 7.05 Å². The Labute approximate surface area is 145 Å². The second-order valence-electron chi connectivity index (χ2n) is 6.01. The molecule has 128 valence electrons. The average Bonchev–Trinajstić information content (AvgIpc) is 3.21. The molecule has 24 heavy (non-hydrogen) atoms. The number of benzene rings is 1. The Hall–Kier alpha value is -2.05. The number of rotatable bonds is 5. The van der Waals surface area contributed by atoms with Gasteiger partial charge in [0.2, 0.25) is 0 Å². The van der Waals surface area contributed by atoms with Crippen molar-refractivity contribution in [1.29, 1.82) is 0 Å². The third-order valence-corrected chi connectivity index (χ3v) is 4.38. The van der Waals surface area contributed by atoms with Crippen LogP contribution in [-0.4, -0.2) is 26.9 Å². The molecule has 1 unspecified atom stereocenters. The predicted octanol–water partition coefficient (Wildman–Crippen LogP) is 3.07. The summed E-state index contributed by atoms with van der Waals surface area (Å²) >= 11 is 6.24. The predicted molar refractivity (Wildman–Crippen MR) is 91.1 cm³/mol. The van der Waals surface area contributed by atoms with Crippen LogP contribution in [0.1, 0.15) is 37.4 Å². The zero-order chi connectivity index (χ0) is 17.1. The van der Waals surface area contributed by atoms with Crippen LogP contribution in [0.5, 0.6) is 5.75 Å². The van der Waals surface area contributed by atoms with Crippen molar-refractivity contribution >= 4 is 23.2 Å². The number of aliphatic hydroxyl groups is 1. The quantitative estimate of drug-likeness (QED) is 0.869. The lowest BCUT2D eigenvalue weighted by atomic mass is 10.2. The average molecular weight is 350 g/mol. The highest BCUT2D eigenvalue weighted by atomic mass is 35.5. The maximum atomic E-state index is 12.1. The van der Waals surface area contributed by atoms with Crippen molar-refractivity contribution < 1.29 is 14.6 Å². The maximum Gasteiger partial charge on any atom is 0.257 e. The summed E-state index contributed by atoms with van der Waals surface area (Å²) < 4.78 is 7.41. The highest BCUT2D eigenvalue weighted by molar-refractivity contribution is 6.32. The molecule has 2 aromatic rings. The highest BCUT2D eigenvalue weighted by Gasteiger charge is 2.20. The van der Waals surface area contributed by atoms with Gasteiger partial charge in [0.15, 0.2) is 6.10 Å². The minimum atomic E-state index is -1.29. The molecule has 1 heterocycles. The topological polar surface area (TPSA) is 76.4 Å². The van der Waals surface area contributed by atoms with Gasteiger partial charge in [-0.2, -0.15) is 5.10 Å². The number of nitrogens with one attached hydrogen (secondary N) is 1. The lowest BCUT2D eigenvalue weighted by Crippen LogP contribution is -2.20. The van der Waals surface area contributed by atoms with E-state index in [2.05, 4.69) is 10.4 Å². The first kappa shape index (κ1) is 16.8. The van der Waals surface area contributed by atoms with Gasteiger partial charge >= 0.3 is 0 Å². The fourth-order valence-electron chi connectivity index (χ4n) is 2.80. The number of anilines is 1. The van der Waals surface area contributed by atoms with Gasteiger partial charge in [-0.15, -0.1) is 0 Å². The largest absolute Gasteiger partial charge is 0.489 e. The molecule has 7 heteroatoms. The Kier molecular flexibility index (Phi) is 5.06. The number of halogens is 1. The van der Waals surface area contributed by atoms with Crippen LogP contribution < -0.4 is 10.1 Å². The molecule has 6 nitrogen and oxygen atoms in total. The van der Waals surface area contributed by atoms with Crippen LogP contribution in [0.4, 0.5) is 5.69 Å². The van der Waals surface area contributed by atoms with E-state index in [0.717, 1.165) is 12.8 Å². The first-order chi connectivity index (χ1) is 11.5. The summed E-state index contributed by atoms with van der Waals surface area (Å²) in [6.07, 6.45) is 6.44. The molecule has 1 aromatic carbocycles. The Balaban J connectivity index is 1.64. The zero-order valence-electron chi connectivity index (χ0n) is 13.4. The number of ether oxygens (including phenoxy) is 1. The number of carbonyl (C=O) groups excluding carboxylic acids is 1. The molecule has 1 aromatic heterocycles. The van der Waals surface area contributed by atoms with E-state index in [1.165, 1.54) is 23.7 Å². The summed E-state index contributed by atoms with van der Waals surface area (Å²) in [4.78, 5) is 12.1. The fraction of sp³-hybridized carbons (Fsp3) is 0.412. The van der Waals surface area contributed by atoms with Crippen molar-refractivity contribution in [3.63, 3.8) is 0 Å². The summed E-state index contributed by atoms with van der Waals surface area (Å²) in [6, 6.07) is 5.08. The van der Waals surface area contributed by atoms with Crippen molar-refractivity contribution in [2.45, 2.75) is 37.9 Å². The number of aryl methyl sites for hydroxylation is 1. The van der Waals surface area contributed by atoms with E-state index in [0.29, 0.717) is 22.0 Å². The smallest absolute Gasteiger partial charge is 0.257 e. The van der Waals surface area contributed by atoms with E-state index in [9.17, 15) is 9.90 Å². The molecule has 0 saturated heterocycles. The number of carbonyl (C=O) groups is 1. The summed E-state index contributed by atoms with van der Waals surface area (Å²) in [6.45, 7) is 0. The lowest BCUT2D eigenvalue weighted by molar-refractivity contribution is -0.124. The first-order valence-electron chi connectivity index (χ1n) is 7.96. The number of nitrogens with zero attached hydrogens (tertiary/aromatic N) is 2. The molecule has 0 bridgehead atoms. The SMILES string of the molecule is Cn1cc(C(O)C(=O)Nc2ccc(OC3CCCC3)c(Cl)c2)cn1. The van der Waals surface area contributed by atoms with Gasteiger partial charge in [-0.25, -0.2) is 0 Å². The normalized spacial score (nSPS) is 16.1. The minimum Gasteiger partial charge on any atom is -0.489 e. The molecule has 3 rings (SSSR count). The zero-order valence-corrected chi connectivity index (χ0v) is 14.2. The summed E-state index contributed by atoms with van der Waals surface area (Å²) in [5.74, 6) is 0.0814. The summed E-state index contributed by atoms with van der Waals surface area (Å²) in [7, 11) is 1.72. The van der Waals surface area contributed by atoms with Crippen molar-refractivity contribution in [2.75, 3.05) is 5.32 Å². The number of hydrogen-bond donors (Lipinski definition) is 2. The van der Waals surface area contributed by atoms with Gasteiger partial charge in [-0.1, -0.05) is 11.6 Å². The Morgan fingerprint density at radius 2 is 2.21 bits per heavy atom. The van der Waals surface area contributed by atoms with E-state index >= 15 is 0 Å². The molecule has 1 fully saturated rings. The van der Waals surface area contributed by atoms with E-state index < -0.39 is 12.0 Å². The molecule has 2 N–H and O–H groups in total. The van der Waals surface area contributed by atoms with Crippen LogP contribution >= 0.6 is 11.6 Å². The Bertz CT molecular complexity index is 726. The van der Waals surface area contributed by atoms with Crippen molar-refractivity contribution in [3.8, 4) is 5.75 Å². The monoisotopic (exact) mass is 349 g/mol. The minimum absolute atomic E-state index is 0.218. The van der Waals surface area contributed by atoms with Gasteiger partial charge in [-0.05, 0) is 43.9 Å². The van der Waals surface area contributed by atoms with E-state index in [-0.39, 0.29) is 6.10 Å². The molecule has 1 atom stereocenters. The standard InChI is InChI=1S/C17H20ClN3O3/c1-21-10-11(9-19-21)16(22)17(23)20-12-6-7-15(14(18)8-12)24-13-4-2-3-5-13/h6-10,13,16,22H,2-5H2,1H3,(H,20,23). The molecule has 1 aliphatic rings. The second kappa shape index (κ2) is 7.23. The van der Waals surface area contributed by atoms with Gasteiger partial charge in [0, 0.05) is 24.5 Å². The summed E-state index contributed by atoms with van der Waals surface area (Å²) in [5, 5.41) is 17.1. The van der Waals surface area contributed by atoms with E-state index in [1.807, 2.05) is 0 Å². The van der Waals surface area contributed by atoms with Crippen LogP contribution in [0.3, 0.4) is 0 Å². The Morgan fingerprint density at radius 1 is 1.46 bits per heavy atom. The fourth-order valence-corrected chi connectivity index (χ4v) is 3.03. The van der Waals surface area contributed by atoms with Crippen LogP contribution in [0, 0.1) is 0 Å². The van der Waals surface area contributed by atoms with Crippen molar-refractivity contribution in [1.82, 2.24) is 9.78 Å². The van der Waals surface area contributed by atoms with Crippen LogP contribution in [0.15, 0.2) is 30.6 Å². The molecular formula is C17H20ClN3O3. The maximum absolute atomic E-state index is 12.1. The first-order valence-corrected chi connectivity index (χ1v) is 8.34. The highest BCUT2D eigenvalue weighted by Crippen LogP contribution is 2.32. The van der Waals surface area contributed by atoms with Gasteiger partial charge in [0.1, 0.15) is 5.75 Å². The number of amides is 1. The number of aromatic nitrogens is 2. The molecule has 1 aliphatic carbocycles. The third kappa shape index (κ3) is 3.88. The molecule has 0 spiro atoms. The van der Waals surface area contributed by atoms with Crippen molar-refractivity contribution in [3.05, 3.63) is 41.2 Å². The van der Waals surface area contributed by atoms with Crippen LogP contribution in [0.25, 0.3) is 0 Å². The van der Waals surface area contributed by atoms with Gasteiger partial charge in [0.05, 0.1) is 17.3 Å². The molecule has 0 aliphatic heterocycles. The third-order valence-electron chi connectivity index (χ3n) is 4.08. The Morgan fingerprint density at radius 3 is 2.83 bits per heavy atom. The number of hydrogen-bond acceptors (Lipinski definition) is 4. The van der Waals surface area contributed by atoms with Gasteiger partial charge < -0.3 is 15.2 Å². The van der Waals surface area contributed by atoms with E-state index in [1.54, 1.807) is 31.4 Å². The molecule has 0 radical (unpaired) electrons. The number of aliphatic hydroxyl groups excluding tert-OH is 1. The lowest BCUT2D eigenvalue weighted by Gasteiger charge is -2.15. The molecule has 1 amide bonds. The summed E-state index contributed by atoms with van der Waals surface area (Å²) in [5.41, 5.74) is 0.939. The van der Waals surface area contributed by atoms with E-state index in [4.69, 9.17) is 16.3 Å².